The minimum Gasteiger partial charge on any atom is -0.393 e. The van der Waals surface area contributed by atoms with E-state index in [0.29, 0.717) is 48.3 Å². The SMILES string of the molecule is Cc1nnc(N[C@H](C)c2cccc(C(F)(F)C3(O)CC3)c2F)c2cc(N3CCC(O)CC3)cnc12. The third-order valence-corrected chi connectivity index (χ3v) is 7.10. The maximum atomic E-state index is 15.3. The Bertz CT molecular complexity index is 1260. The third-order valence-electron chi connectivity index (χ3n) is 7.10. The summed E-state index contributed by atoms with van der Waals surface area (Å²) in [5, 5.41) is 32.0. The lowest BCUT2D eigenvalue weighted by atomic mass is 9.96. The lowest BCUT2D eigenvalue weighted by molar-refractivity contribution is -0.134. The van der Waals surface area contributed by atoms with Crippen LogP contribution in [0.15, 0.2) is 30.5 Å². The number of hydrogen-bond donors (Lipinski definition) is 3. The molecular weight excluding hydrogens is 459 g/mol. The van der Waals surface area contributed by atoms with Gasteiger partial charge in [0.15, 0.2) is 5.82 Å². The van der Waals surface area contributed by atoms with E-state index in [9.17, 15) is 19.0 Å². The van der Waals surface area contributed by atoms with Crippen LogP contribution < -0.4 is 10.2 Å². The predicted molar refractivity (Wildman–Crippen MR) is 126 cm³/mol. The van der Waals surface area contributed by atoms with Crippen molar-refractivity contribution in [3.63, 3.8) is 0 Å². The molecule has 0 radical (unpaired) electrons. The maximum absolute atomic E-state index is 15.3. The Hall–Kier alpha value is -2.98. The molecule has 186 valence electrons. The number of aryl methyl sites for hydroxylation is 1. The topological polar surface area (TPSA) is 94.4 Å². The molecule has 0 unspecified atom stereocenters. The van der Waals surface area contributed by atoms with Gasteiger partial charge in [0.05, 0.1) is 40.8 Å². The van der Waals surface area contributed by atoms with Crippen LogP contribution in [0.25, 0.3) is 10.9 Å². The molecule has 2 fully saturated rings. The first-order valence-electron chi connectivity index (χ1n) is 11.8. The van der Waals surface area contributed by atoms with Gasteiger partial charge in [-0.05, 0) is 51.7 Å². The number of rotatable bonds is 6. The van der Waals surface area contributed by atoms with Gasteiger partial charge in [-0.15, -0.1) is 5.10 Å². The van der Waals surface area contributed by atoms with Gasteiger partial charge in [-0.25, -0.2) is 4.39 Å². The van der Waals surface area contributed by atoms with E-state index in [4.69, 9.17) is 0 Å². The number of fused-ring (bicyclic) bond motifs is 1. The van der Waals surface area contributed by atoms with E-state index in [1.165, 1.54) is 12.1 Å². The van der Waals surface area contributed by atoms with E-state index in [-0.39, 0.29) is 24.5 Å². The van der Waals surface area contributed by atoms with Crippen molar-refractivity contribution in [3.05, 3.63) is 53.1 Å². The summed E-state index contributed by atoms with van der Waals surface area (Å²) in [4.78, 5) is 6.70. The average Bonchev–Trinajstić information content (AvgIpc) is 3.60. The van der Waals surface area contributed by atoms with Gasteiger partial charge in [0.1, 0.15) is 11.4 Å². The number of pyridine rings is 1. The quantitative estimate of drug-likeness (QED) is 0.479. The van der Waals surface area contributed by atoms with Crippen LogP contribution in [0.4, 0.5) is 24.7 Å². The number of aromatic nitrogens is 3. The van der Waals surface area contributed by atoms with Crippen molar-refractivity contribution < 1.29 is 23.4 Å². The first kappa shape index (κ1) is 23.7. The van der Waals surface area contributed by atoms with Crippen LogP contribution in [0, 0.1) is 12.7 Å². The Morgan fingerprint density at radius 2 is 1.91 bits per heavy atom. The summed E-state index contributed by atoms with van der Waals surface area (Å²) in [5.74, 6) is -4.36. The Labute approximate surface area is 201 Å². The zero-order valence-corrected chi connectivity index (χ0v) is 19.6. The maximum Gasteiger partial charge on any atom is 0.304 e. The number of benzene rings is 1. The van der Waals surface area contributed by atoms with Crippen molar-refractivity contribution in [2.45, 2.75) is 63.2 Å². The predicted octanol–water partition coefficient (Wildman–Crippen LogP) is 4.22. The molecule has 2 aromatic heterocycles. The van der Waals surface area contributed by atoms with Gasteiger partial charge in [-0.3, -0.25) is 4.98 Å². The molecular formula is C25H28F3N5O2. The van der Waals surface area contributed by atoms with Crippen LogP contribution in [0.1, 0.15) is 55.5 Å². The number of nitrogens with zero attached hydrogens (tertiary/aromatic N) is 4. The highest BCUT2D eigenvalue weighted by Gasteiger charge is 2.63. The molecule has 0 amide bonds. The molecule has 1 aliphatic heterocycles. The largest absolute Gasteiger partial charge is 0.393 e. The summed E-state index contributed by atoms with van der Waals surface area (Å²) in [6, 6.07) is 5.05. The highest BCUT2D eigenvalue weighted by molar-refractivity contribution is 5.92. The Morgan fingerprint density at radius 1 is 1.20 bits per heavy atom. The standard InChI is InChI=1S/C25H28F3N5O2/c1-14(18-4-3-5-20(21(18)26)25(27,28)24(35)8-9-24)30-23-19-12-16(33-10-6-17(34)7-11-33)13-29-22(19)15(2)31-32-23/h3-5,12-14,17,34-35H,6-11H2,1-2H3,(H,30,32)/t14-/m1/s1. The molecule has 3 N–H and O–H groups in total. The minimum atomic E-state index is -3.68. The second-order valence-electron chi connectivity index (χ2n) is 9.62. The molecule has 7 nitrogen and oxygen atoms in total. The Balaban J connectivity index is 1.47. The molecule has 1 aromatic carbocycles. The highest BCUT2D eigenvalue weighted by Crippen LogP contribution is 2.54. The zero-order chi connectivity index (χ0) is 25.0. The molecule has 0 bridgehead atoms. The van der Waals surface area contributed by atoms with Gasteiger partial charge < -0.3 is 20.4 Å². The summed E-state index contributed by atoms with van der Waals surface area (Å²) in [5.41, 5.74) is -0.820. The second-order valence-corrected chi connectivity index (χ2v) is 9.62. The first-order chi connectivity index (χ1) is 16.6. The number of hydrogen-bond acceptors (Lipinski definition) is 7. The van der Waals surface area contributed by atoms with E-state index < -0.39 is 28.9 Å². The van der Waals surface area contributed by atoms with E-state index in [1.54, 1.807) is 20.0 Å². The number of aliphatic hydroxyl groups excluding tert-OH is 1. The highest BCUT2D eigenvalue weighted by atomic mass is 19.3. The first-order valence-corrected chi connectivity index (χ1v) is 11.8. The van der Waals surface area contributed by atoms with E-state index in [0.717, 1.165) is 11.8 Å². The number of nitrogens with one attached hydrogen (secondary N) is 1. The minimum absolute atomic E-state index is 0.0380. The molecule has 1 aliphatic carbocycles. The Morgan fingerprint density at radius 3 is 2.60 bits per heavy atom. The lowest BCUT2D eigenvalue weighted by Gasteiger charge is -2.31. The van der Waals surface area contributed by atoms with Gasteiger partial charge in [0.2, 0.25) is 0 Å². The van der Waals surface area contributed by atoms with Gasteiger partial charge >= 0.3 is 5.92 Å². The summed E-state index contributed by atoms with van der Waals surface area (Å²) in [7, 11) is 0. The molecule has 3 aromatic rings. The molecule has 5 rings (SSSR count). The fraction of sp³-hybridized carbons (Fsp3) is 0.480. The summed E-state index contributed by atoms with van der Waals surface area (Å²) >= 11 is 0. The average molecular weight is 488 g/mol. The van der Waals surface area contributed by atoms with E-state index >= 15 is 4.39 Å². The van der Waals surface area contributed by atoms with Crippen molar-refractivity contribution in [2.24, 2.45) is 0 Å². The van der Waals surface area contributed by atoms with Gasteiger partial charge in [-0.2, -0.15) is 13.9 Å². The normalized spacial score (nSPS) is 19.1. The zero-order valence-electron chi connectivity index (χ0n) is 19.6. The Kier molecular flexibility index (Phi) is 5.83. The molecule has 2 aliphatic rings. The van der Waals surface area contributed by atoms with Crippen molar-refractivity contribution in [3.8, 4) is 0 Å². The smallest absolute Gasteiger partial charge is 0.304 e. The number of halogens is 3. The summed E-state index contributed by atoms with van der Waals surface area (Å²) < 4.78 is 44.9. The third kappa shape index (κ3) is 4.18. The van der Waals surface area contributed by atoms with Crippen LogP contribution in [0.2, 0.25) is 0 Å². The number of anilines is 2. The van der Waals surface area contributed by atoms with E-state index in [2.05, 4.69) is 25.4 Å². The summed E-state index contributed by atoms with van der Waals surface area (Å²) in [6.45, 7) is 4.84. The van der Waals surface area contributed by atoms with Crippen molar-refractivity contribution in [1.29, 1.82) is 0 Å². The number of piperidine rings is 1. The van der Waals surface area contributed by atoms with Crippen molar-refractivity contribution >= 4 is 22.4 Å². The second kappa shape index (κ2) is 8.60. The van der Waals surface area contributed by atoms with Crippen LogP contribution >= 0.6 is 0 Å². The number of alkyl halides is 2. The van der Waals surface area contributed by atoms with Gasteiger partial charge in [0.25, 0.3) is 0 Å². The fourth-order valence-electron chi connectivity index (χ4n) is 4.65. The molecule has 35 heavy (non-hydrogen) atoms. The van der Waals surface area contributed by atoms with Crippen molar-refractivity contribution in [2.75, 3.05) is 23.3 Å². The molecule has 0 spiro atoms. The van der Waals surface area contributed by atoms with Crippen molar-refractivity contribution in [1.82, 2.24) is 15.2 Å². The van der Waals surface area contributed by atoms with Crippen LogP contribution in [0.5, 0.6) is 0 Å². The summed E-state index contributed by atoms with van der Waals surface area (Å²) in [6.07, 6.45) is 2.67. The lowest BCUT2D eigenvalue weighted by Crippen LogP contribution is -2.35. The van der Waals surface area contributed by atoms with Gasteiger partial charge in [0, 0.05) is 24.0 Å². The molecule has 1 saturated carbocycles. The fourth-order valence-corrected chi connectivity index (χ4v) is 4.65. The van der Waals surface area contributed by atoms with Crippen LogP contribution in [-0.4, -0.2) is 50.2 Å². The van der Waals surface area contributed by atoms with Crippen LogP contribution in [0.3, 0.4) is 0 Å². The van der Waals surface area contributed by atoms with E-state index in [1.807, 2.05) is 6.07 Å². The number of aliphatic hydroxyl groups is 2. The molecule has 3 heterocycles. The molecule has 1 atom stereocenters. The monoisotopic (exact) mass is 487 g/mol. The van der Waals surface area contributed by atoms with Crippen LogP contribution in [-0.2, 0) is 5.92 Å². The van der Waals surface area contributed by atoms with Gasteiger partial charge in [-0.1, -0.05) is 12.1 Å². The molecule has 10 heteroatoms. The molecule has 1 saturated heterocycles.